The minimum Gasteiger partial charge on any atom is -0.398 e. The molecule has 0 saturated heterocycles. The summed E-state index contributed by atoms with van der Waals surface area (Å²) in [5.74, 6) is 0. The van der Waals surface area contributed by atoms with E-state index in [0.717, 1.165) is 16.2 Å². The summed E-state index contributed by atoms with van der Waals surface area (Å²) in [4.78, 5) is 0. The number of nitriles is 1. The second-order valence-corrected chi connectivity index (χ2v) is 4.81. The Morgan fingerprint density at radius 1 is 0.842 bits per heavy atom. The molecule has 2 nitrogen and oxygen atoms in total. The van der Waals surface area contributed by atoms with Crippen LogP contribution in [-0.4, -0.2) is 0 Å². The van der Waals surface area contributed by atoms with Gasteiger partial charge in [-0.05, 0) is 33.0 Å². The van der Waals surface area contributed by atoms with Gasteiger partial charge >= 0.3 is 0 Å². The largest absolute Gasteiger partial charge is 0.398 e. The van der Waals surface area contributed by atoms with Crippen LogP contribution < -0.4 is 5.73 Å². The van der Waals surface area contributed by atoms with E-state index < -0.39 is 0 Å². The summed E-state index contributed by atoms with van der Waals surface area (Å²) < 4.78 is 0. The van der Waals surface area contributed by atoms with Gasteiger partial charge in [0.1, 0.15) is 6.07 Å². The van der Waals surface area contributed by atoms with E-state index in [0.29, 0.717) is 11.3 Å². The van der Waals surface area contributed by atoms with Gasteiger partial charge in [0.2, 0.25) is 0 Å². The molecule has 88 valence electrons. The Hall–Kier alpha value is -2.79. The van der Waals surface area contributed by atoms with Crippen LogP contribution in [0.15, 0.2) is 48.5 Å². The SMILES string of the molecule is N#Cc1c(N)cc2ccc3cccc4ccc1c2c34. The van der Waals surface area contributed by atoms with Gasteiger partial charge in [0.25, 0.3) is 0 Å². The molecule has 2 N–H and O–H groups in total. The second kappa shape index (κ2) is 3.37. The van der Waals surface area contributed by atoms with E-state index in [4.69, 9.17) is 5.73 Å². The number of hydrogen-bond donors (Lipinski definition) is 1. The third kappa shape index (κ3) is 1.19. The number of hydrogen-bond acceptors (Lipinski definition) is 2. The average molecular weight is 242 g/mol. The highest BCUT2D eigenvalue weighted by molar-refractivity contribution is 6.24. The van der Waals surface area contributed by atoms with Crippen LogP contribution in [0.4, 0.5) is 5.69 Å². The lowest BCUT2D eigenvalue weighted by molar-refractivity contribution is 1.51. The van der Waals surface area contributed by atoms with Crippen molar-refractivity contribution in [3.63, 3.8) is 0 Å². The van der Waals surface area contributed by atoms with Crippen molar-refractivity contribution in [2.45, 2.75) is 0 Å². The predicted octanol–water partition coefficient (Wildman–Crippen LogP) is 4.04. The standard InChI is InChI=1S/C17H10N2/c18-9-14-13-7-6-11-3-1-2-10-4-5-12(8-15(14)19)17(13)16(10)11/h1-8H,19H2. The van der Waals surface area contributed by atoms with Crippen molar-refractivity contribution >= 4 is 38.0 Å². The van der Waals surface area contributed by atoms with E-state index in [1.165, 1.54) is 16.2 Å². The van der Waals surface area contributed by atoms with Crippen LogP contribution >= 0.6 is 0 Å². The molecule has 0 aromatic heterocycles. The minimum atomic E-state index is 0.549. The zero-order valence-corrected chi connectivity index (χ0v) is 10.1. The fourth-order valence-electron chi connectivity index (χ4n) is 2.96. The first kappa shape index (κ1) is 10.2. The molecule has 0 aliphatic carbocycles. The molecule has 4 aromatic carbocycles. The van der Waals surface area contributed by atoms with Crippen LogP contribution in [-0.2, 0) is 0 Å². The van der Waals surface area contributed by atoms with E-state index in [1.54, 1.807) is 0 Å². The number of nitrogen functional groups attached to an aromatic ring is 1. The van der Waals surface area contributed by atoms with E-state index >= 15 is 0 Å². The van der Waals surface area contributed by atoms with Crippen molar-refractivity contribution in [2.75, 3.05) is 5.73 Å². The number of anilines is 1. The highest BCUT2D eigenvalue weighted by atomic mass is 14.6. The maximum atomic E-state index is 9.32. The molecule has 4 rings (SSSR count). The quantitative estimate of drug-likeness (QED) is 0.373. The number of nitrogens with two attached hydrogens (primary N) is 1. The maximum absolute atomic E-state index is 9.32. The first-order chi connectivity index (χ1) is 9.29. The Morgan fingerprint density at radius 2 is 1.53 bits per heavy atom. The van der Waals surface area contributed by atoms with Crippen molar-refractivity contribution < 1.29 is 0 Å². The molecule has 0 atom stereocenters. The van der Waals surface area contributed by atoms with Gasteiger partial charge in [0.05, 0.1) is 11.3 Å². The van der Waals surface area contributed by atoms with Gasteiger partial charge in [0, 0.05) is 5.39 Å². The van der Waals surface area contributed by atoms with Crippen LogP contribution in [0.1, 0.15) is 5.56 Å². The zero-order valence-electron chi connectivity index (χ0n) is 10.1. The summed E-state index contributed by atoms with van der Waals surface area (Å²) in [6.07, 6.45) is 0. The smallest absolute Gasteiger partial charge is 0.102 e. The third-order valence-corrected chi connectivity index (χ3v) is 3.79. The summed E-state index contributed by atoms with van der Waals surface area (Å²) in [5, 5.41) is 16.1. The number of benzene rings is 4. The molecular weight excluding hydrogens is 232 g/mol. The molecule has 0 aliphatic rings. The van der Waals surface area contributed by atoms with Crippen molar-refractivity contribution in [1.29, 1.82) is 5.26 Å². The summed E-state index contributed by atoms with van der Waals surface area (Å²) >= 11 is 0. The molecule has 19 heavy (non-hydrogen) atoms. The van der Waals surface area contributed by atoms with Crippen LogP contribution in [0.5, 0.6) is 0 Å². The molecule has 4 aromatic rings. The van der Waals surface area contributed by atoms with Gasteiger partial charge in [-0.3, -0.25) is 0 Å². The Labute approximate surface area is 110 Å². The van der Waals surface area contributed by atoms with Crippen LogP contribution in [0, 0.1) is 11.3 Å². The molecule has 0 aliphatic heterocycles. The molecule has 0 bridgehead atoms. The van der Waals surface area contributed by atoms with Crippen molar-refractivity contribution in [3.8, 4) is 6.07 Å². The van der Waals surface area contributed by atoms with Crippen LogP contribution in [0.2, 0.25) is 0 Å². The van der Waals surface area contributed by atoms with Crippen molar-refractivity contribution in [3.05, 3.63) is 54.1 Å². The normalized spacial score (nSPS) is 11.3. The predicted molar refractivity (Wildman–Crippen MR) is 79.3 cm³/mol. The Balaban J connectivity index is 2.44. The number of rotatable bonds is 0. The van der Waals surface area contributed by atoms with Gasteiger partial charge in [-0.25, -0.2) is 0 Å². The summed E-state index contributed by atoms with van der Waals surface area (Å²) in [7, 11) is 0. The van der Waals surface area contributed by atoms with E-state index in [9.17, 15) is 5.26 Å². The van der Waals surface area contributed by atoms with Crippen LogP contribution in [0.25, 0.3) is 32.3 Å². The van der Waals surface area contributed by atoms with E-state index in [2.05, 4.69) is 42.5 Å². The number of nitrogens with zero attached hydrogens (tertiary/aromatic N) is 1. The van der Waals surface area contributed by atoms with Gasteiger partial charge in [-0.15, -0.1) is 0 Å². The van der Waals surface area contributed by atoms with Gasteiger partial charge in [-0.2, -0.15) is 5.26 Å². The first-order valence-corrected chi connectivity index (χ1v) is 6.16. The minimum absolute atomic E-state index is 0.549. The Morgan fingerprint density at radius 3 is 2.26 bits per heavy atom. The monoisotopic (exact) mass is 242 g/mol. The Bertz CT molecular complexity index is 961. The zero-order chi connectivity index (χ0) is 13.0. The highest BCUT2D eigenvalue weighted by Gasteiger charge is 2.12. The van der Waals surface area contributed by atoms with E-state index in [1.807, 2.05) is 12.1 Å². The molecule has 2 heteroatoms. The molecule has 0 heterocycles. The lowest BCUT2D eigenvalue weighted by atomic mass is 9.91. The molecule has 0 amide bonds. The van der Waals surface area contributed by atoms with Crippen LogP contribution in [0.3, 0.4) is 0 Å². The van der Waals surface area contributed by atoms with Gasteiger partial charge < -0.3 is 5.73 Å². The fourth-order valence-corrected chi connectivity index (χ4v) is 2.96. The topological polar surface area (TPSA) is 49.8 Å². The lowest BCUT2D eigenvalue weighted by Gasteiger charge is -2.12. The Kier molecular flexibility index (Phi) is 1.80. The highest BCUT2D eigenvalue weighted by Crippen LogP contribution is 2.37. The summed E-state index contributed by atoms with van der Waals surface area (Å²) in [5.41, 5.74) is 7.11. The molecule has 0 fully saturated rings. The summed E-state index contributed by atoms with van der Waals surface area (Å²) in [6, 6.07) is 18.6. The second-order valence-electron chi connectivity index (χ2n) is 4.81. The van der Waals surface area contributed by atoms with Gasteiger partial charge in [-0.1, -0.05) is 42.5 Å². The maximum Gasteiger partial charge on any atom is 0.102 e. The molecular formula is C17H10N2. The third-order valence-electron chi connectivity index (χ3n) is 3.79. The van der Waals surface area contributed by atoms with Gasteiger partial charge in [0.15, 0.2) is 0 Å². The molecule has 0 spiro atoms. The van der Waals surface area contributed by atoms with Crippen molar-refractivity contribution in [1.82, 2.24) is 0 Å². The molecule has 0 radical (unpaired) electrons. The van der Waals surface area contributed by atoms with Crippen molar-refractivity contribution in [2.24, 2.45) is 0 Å². The molecule has 0 unspecified atom stereocenters. The average Bonchev–Trinajstić information content (AvgIpc) is 2.44. The molecule has 0 saturated carbocycles. The fraction of sp³-hybridized carbons (Fsp3) is 0. The summed E-state index contributed by atoms with van der Waals surface area (Å²) in [6.45, 7) is 0. The first-order valence-electron chi connectivity index (χ1n) is 6.16. The lowest BCUT2D eigenvalue weighted by Crippen LogP contribution is -1.93. The van der Waals surface area contributed by atoms with E-state index in [-0.39, 0.29) is 0 Å².